The van der Waals surface area contributed by atoms with E-state index in [-0.39, 0.29) is 30.1 Å². The summed E-state index contributed by atoms with van der Waals surface area (Å²) >= 11 is 0. The first-order chi connectivity index (χ1) is 14.7. The van der Waals surface area contributed by atoms with E-state index in [9.17, 15) is 0 Å². The summed E-state index contributed by atoms with van der Waals surface area (Å²) < 4.78 is 17.4. The molecular weight excluding hydrogens is 505 g/mol. The van der Waals surface area contributed by atoms with Crippen LogP contribution in [0.25, 0.3) is 0 Å². The van der Waals surface area contributed by atoms with Gasteiger partial charge in [-0.1, -0.05) is 43.0 Å². The van der Waals surface area contributed by atoms with Crippen LogP contribution in [-0.2, 0) is 17.8 Å². The first-order valence-electron chi connectivity index (χ1n) is 10.3. The second-order valence-corrected chi connectivity index (χ2v) is 7.20. The number of hydrogen-bond acceptors (Lipinski definition) is 4. The van der Waals surface area contributed by atoms with Gasteiger partial charge in [-0.05, 0) is 24.6 Å². The van der Waals surface area contributed by atoms with Crippen LogP contribution in [0, 0.1) is 6.92 Å². The van der Waals surface area contributed by atoms with E-state index < -0.39 is 0 Å². The fourth-order valence-electron chi connectivity index (χ4n) is 3.22. The van der Waals surface area contributed by atoms with Crippen LogP contribution in [-0.4, -0.2) is 38.9 Å². The number of aliphatic imine (C=N–C) groups is 1. The Morgan fingerprint density at radius 2 is 1.90 bits per heavy atom. The Morgan fingerprint density at radius 3 is 2.58 bits per heavy atom. The first-order valence-corrected chi connectivity index (χ1v) is 10.3. The van der Waals surface area contributed by atoms with Gasteiger partial charge in [-0.2, -0.15) is 0 Å². The molecule has 1 saturated heterocycles. The highest BCUT2D eigenvalue weighted by atomic mass is 127. The van der Waals surface area contributed by atoms with Crippen molar-refractivity contribution in [3.05, 3.63) is 71.8 Å². The molecule has 0 bridgehead atoms. The molecule has 0 aliphatic carbocycles. The third kappa shape index (κ3) is 7.74. The van der Waals surface area contributed by atoms with Gasteiger partial charge >= 0.3 is 0 Å². The van der Waals surface area contributed by atoms with Crippen LogP contribution in [0.5, 0.6) is 11.5 Å². The summed E-state index contributed by atoms with van der Waals surface area (Å²) in [5.74, 6) is 2.45. The third-order valence-corrected chi connectivity index (χ3v) is 4.85. The normalized spacial score (nSPS) is 15.7. The van der Waals surface area contributed by atoms with E-state index in [0.717, 1.165) is 35.7 Å². The van der Waals surface area contributed by atoms with Crippen molar-refractivity contribution in [1.82, 2.24) is 10.6 Å². The van der Waals surface area contributed by atoms with E-state index in [1.807, 2.05) is 24.3 Å². The molecule has 7 heteroatoms. The van der Waals surface area contributed by atoms with Crippen molar-refractivity contribution < 1.29 is 14.2 Å². The number of para-hydroxylation sites is 1. The topological polar surface area (TPSA) is 64.1 Å². The van der Waals surface area contributed by atoms with Gasteiger partial charge in [-0.15, -0.1) is 24.0 Å². The number of halogens is 1. The molecule has 1 unspecified atom stereocenters. The van der Waals surface area contributed by atoms with E-state index in [1.165, 1.54) is 5.56 Å². The quantitative estimate of drug-likeness (QED) is 0.217. The Hall–Kier alpha value is -2.26. The Morgan fingerprint density at radius 1 is 1.16 bits per heavy atom. The second-order valence-electron chi connectivity index (χ2n) is 7.20. The minimum Gasteiger partial charge on any atom is -0.489 e. The minimum atomic E-state index is 0. The molecule has 0 saturated carbocycles. The van der Waals surface area contributed by atoms with Gasteiger partial charge in [0.2, 0.25) is 0 Å². The molecule has 6 nitrogen and oxygen atoms in total. The number of aryl methyl sites for hydroxylation is 1. The number of nitrogens with one attached hydrogen (secondary N) is 2. The zero-order valence-electron chi connectivity index (χ0n) is 18.2. The van der Waals surface area contributed by atoms with Crippen LogP contribution in [0.4, 0.5) is 0 Å². The van der Waals surface area contributed by atoms with Gasteiger partial charge in [-0.25, -0.2) is 0 Å². The molecule has 0 aromatic heterocycles. The molecule has 2 aromatic rings. The minimum absolute atomic E-state index is 0. The van der Waals surface area contributed by atoms with Crippen molar-refractivity contribution in [3.8, 4) is 11.5 Å². The molecule has 168 valence electrons. The smallest absolute Gasteiger partial charge is 0.191 e. The summed E-state index contributed by atoms with van der Waals surface area (Å²) in [6.45, 7) is 8.88. The molecule has 1 aliphatic heterocycles. The maximum absolute atomic E-state index is 6.19. The third-order valence-electron chi connectivity index (χ3n) is 4.85. The lowest BCUT2D eigenvalue weighted by Crippen LogP contribution is -2.36. The molecule has 1 atom stereocenters. The average molecular weight is 537 g/mol. The number of benzene rings is 2. The molecule has 0 radical (unpaired) electrons. The fourth-order valence-corrected chi connectivity index (χ4v) is 3.22. The Balaban J connectivity index is 0.00000341. The molecular formula is C24H32IN3O3. The van der Waals surface area contributed by atoms with Crippen molar-refractivity contribution >= 4 is 29.9 Å². The largest absolute Gasteiger partial charge is 0.489 e. The molecule has 3 rings (SSSR count). The fraction of sp³-hybridized carbons (Fsp3) is 0.375. The van der Waals surface area contributed by atoms with Crippen molar-refractivity contribution in [2.24, 2.45) is 4.99 Å². The number of guanidine groups is 1. The molecule has 2 aromatic carbocycles. The molecule has 0 amide bonds. The first kappa shape index (κ1) is 25.0. The standard InChI is InChI=1S/C24H31N3O3.HI/c1-4-12-29-22-8-6-5-7-19(22)15-26-24(25-3)27-16-20-10-9-18(2)14-23(20)30-21-11-13-28-17-21;/h4-10,14,21H,1,11-13,15-17H2,2-3H3,(H2,25,26,27);1H. The maximum atomic E-state index is 6.19. The lowest BCUT2D eigenvalue weighted by atomic mass is 10.1. The number of ether oxygens (including phenoxy) is 3. The van der Waals surface area contributed by atoms with Gasteiger partial charge < -0.3 is 24.8 Å². The van der Waals surface area contributed by atoms with Crippen LogP contribution in [0.1, 0.15) is 23.1 Å². The van der Waals surface area contributed by atoms with Gasteiger partial charge in [0.05, 0.1) is 13.2 Å². The number of rotatable bonds is 9. The highest BCUT2D eigenvalue weighted by Gasteiger charge is 2.18. The Labute approximate surface area is 202 Å². The van der Waals surface area contributed by atoms with Gasteiger partial charge in [0.25, 0.3) is 0 Å². The summed E-state index contributed by atoms with van der Waals surface area (Å²) in [5.41, 5.74) is 3.32. The van der Waals surface area contributed by atoms with Crippen LogP contribution < -0.4 is 20.1 Å². The maximum Gasteiger partial charge on any atom is 0.191 e. The van der Waals surface area contributed by atoms with Crippen LogP contribution in [0.3, 0.4) is 0 Å². The van der Waals surface area contributed by atoms with Crippen molar-refractivity contribution in [2.75, 3.05) is 26.9 Å². The summed E-state index contributed by atoms with van der Waals surface area (Å²) in [5, 5.41) is 6.72. The predicted octanol–water partition coefficient (Wildman–Crippen LogP) is 4.21. The molecule has 2 N–H and O–H groups in total. The molecule has 1 fully saturated rings. The lowest BCUT2D eigenvalue weighted by Gasteiger charge is -2.18. The van der Waals surface area contributed by atoms with Crippen molar-refractivity contribution in [3.63, 3.8) is 0 Å². The summed E-state index contributed by atoms with van der Waals surface area (Å²) in [4.78, 5) is 4.34. The van der Waals surface area contributed by atoms with E-state index in [2.05, 4.69) is 47.3 Å². The summed E-state index contributed by atoms with van der Waals surface area (Å²) in [6, 6.07) is 14.2. The highest BCUT2D eigenvalue weighted by Crippen LogP contribution is 2.24. The van der Waals surface area contributed by atoms with Crippen molar-refractivity contribution in [2.45, 2.75) is 32.5 Å². The Kier molecular flexibility index (Phi) is 10.7. The Bertz CT molecular complexity index is 867. The van der Waals surface area contributed by atoms with E-state index in [4.69, 9.17) is 14.2 Å². The van der Waals surface area contributed by atoms with E-state index in [1.54, 1.807) is 13.1 Å². The zero-order chi connectivity index (χ0) is 21.2. The molecule has 31 heavy (non-hydrogen) atoms. The van der Waals surface area contributed by atoms with Crippen LogP contribution in [0.15, 0.2) is 60.1 Å². The highest BCUT2D eigenvalue weighted by molar-refractivity contribution is 14.0. The second kappa shape index (κ2) is 13.2. The van der Waals surface area contributed by atoms with E-state index >= 15 is 0 Å². The lowest BCUT2D eigenvalue weighted by molar-refractivity contribution is 0.140. The predicted molar refractivity (Wildman–Crippen MR) is 136 cm³/mol. The van der Waals surface area contributed by atoms with Gasteiger partial charge in [0.1, 0.15) is 24.2 Å². The van der Waals surface area contributed by atoms with Gasteiger partial charge in [0, 0.05) is 37.7 Å². The SMILES string of the molecule is C=CCOc1ccccc1CNC(=NC)NCc1ccc(C)cc1OC1CCOC1.I. The summed E-state index contributed by atoms with van der Waals surface area (Å²) in [7, 11) is 1.76. The van der Waals surface area contributed by atoms with Gasteiger partial charge in [-0.3, -0.25) is 4.99 Å². The van der Waals surface area contributed by atoms with Crippen molar-refractivity contribution in [1.29, 1.82) is 0 Å². The van der Waals surface area contributed by atoms with Crippen LogP contribution >= 0.6 is 24.0 Å². The number of hydrogen-bond donors (Lipinski definition) is 2. The molecule has 0 spiro atoms. The molecule has 1 heterocycles. The molecule has 1 aliphatic rings. The number of nitrogens with zero attached hydrogens (tertiary/aromatic N) is 1. The van der Waals surface area contributed by atoms with E-state index in [0.29, 0.717) is 32.3 Å². The zero-order valence-corrected chi connectivity index (χ0v) is 20.6. The summed E-state index contributed by atoms with van der Waals surface area (Å²) in [6.07, 6.45) is 2.79. The van der Waals surface area contributed by atoms with Crippen LogP contribution in [0.2, 0.25) is 0 Å². The van der Waals surface area contributed by atoms with Gasteiger partial charge in [0.15, 0.2) is 5.96 Å². The monoisotopic (exact) mass is 537 g/mol. The average Bonchev–Trinajstić information content (AvgIpc) is 3.27.